The van der Waals surface area contributed by atoms with E-state index in [2.05, 4.69) is 20.5 Å². The van der Waals surface area contributed by atoms with Crippen LogP contribution in [0.25, 0.3) is 10.9 Å². The van der Waals surface area contributed by atoms with Gasteiger partial charge in [-0.05, 0) is 24.3 Å². The van der Waals surface area contributed by atoms with Gasteiger partial charge in [-0.15, -0.1) is 0 Å². The number of nitrogens with zero attached hydrogens (tertiary/aromatic N) is 2. The second-order valence-electron chi connectivity index (χ2n) is 4.66. The zero-order chi connectivity index (χ0) is 16.1. The van der Waals surface area contributed by atoms with Gasteiger partial charge in [-0.3, -0.25) is 4.79 Å². The van der Waals surface area contributed by atoms with Crippen molar-refractivity contribution in [3.8, 4) is 5.75 Å². The van der Waals surface area contributed by atoms with Gasteiger partial charge in [-0.2, -0.15) is 5.10 Å². The van der Waals surface area contributed by atoms with Crippen LogP contribution in [0.1, 0.15) is 5.56 Å². The number of carbonyl (C=O) groups is 1. The van der Waals surface area contributed by atoms with E-state index in [4.69, 9.17) is 16.3 Å². The summed E-state index contributed by atoms with van der Waals surface area (Å²) in [5, 5.41) is 5.18. The first-order valence-electron chi connectivity index (χ1n) is 6.85. The number of nitrogens with one attached hydrogen (secondary N) is 2. The highest BCUT2D eigenvalue weighted by atomic mass is 35.5. The van der Waals surface area contributed by atoms with Crippen molar-refractivity contribution in [2.75, 3.05) is 6.61 Å². The second-order valence-corrected chi connectivity index (χ2v) is 5.02. The van der Waals surface area contributed by atoms with Crippen LogP contribution in [-0.2, 0) is 4.79 Å². The average Bonchev–Trinajstić information content (AvgIpc) is 3.03. The molecule has 0 aliphatic heterocycles. The molecule has 0 spiro atoms. The fraction of sp³-hybridized carbons (Fsp3) is 0.0625. The minimum Gasteiger partial charge on any atom is -0.480 e. The Hall–Kier alpha value is -2.86. The van der Waals surface area contributed by atoms with Gasteiger partial charge in [-0.25, -0.2) is 10.4 Å². The number of pyridine rings is 1. The minimum absolute atomic E-state index is 0.197. The van der Waals surface area contributed by atoms with Crippen molar-refractivity contribution in [2.45, 2.75) is 0 Å². The third kappa shape index (κ3) is 3.67. The maximum Gasteiger partial charge on any atom is 0.277 e. The molecule has 7 heteroatoms. The number of aromatic nitrogens is 2. The summed E-state index contributed by atoms with van der Waals surface area (Å²) in [5.74, 6) is -0.0344. The van der Waals surface area contributed by atoms with E-state index in [9.17, 15) is 4.79 Å². The summed E-state index contributed by atoms with van der Waals surface area (Å²) in [6, 6.07) is 11.1. The SMILES string of the molecule is O=C(COc1cccnc1Cl)N/N=C/c1cccc2[nH]ccc12. The van der Waals surface area contributed by atoms with Crippen LogP contribution in [0.15, 0.2) is 53.9 Å². The smallest absolute Gasteiger partial charge is 0.277 e. The molecular formula is C16H13ClN4O2. The third-order valence-electron chi connectivity index (χ3n) is 3.11. The molecule has 0 radical (unpaired) electrons. The molecule has 0 unspecified atom stereocenters. The highest BCUT2D eigenvalue weighted by Gasteiger charge is 2.05. The molecule has 2 heterocycles. The van der Waals surface area contributed by atoms with Crippen molar-refractivity contribution < 1.29 is 9.53 Å². The summed E-state index contributed by atoms with van der Waals surface area (Å²) in [6.07, 6.45) is 4.98. The van der Waals surface area contributed by atoms with Gasteiger partial charge in [0, 0.05) is 28.9 Å². The van der Waals surface area contributed by atoms with Crippen LogP contribution >= 0.6 is 11.6 Å². The van der Waals surface area contributed by atoms with Gasteiger partial charge >= 0.3 is 0 Å². The molecule has 0 atom stereocenters. The minimum atomic E-state index is -0.387. The number of halogens is 1. The van der Waals surface area contributed by atoms with Crippen LogP contribution in [0.5, 0.6) is 5.75 Å². The Kier molecular flexibility index (Phi) is 4.54. The molecule has 0 fully saturated rings. The van der Waals surface area contributed by atoms with E-state index < -0.39 is 0 Å². The van der Waals surface area contributed by atoms with E-state index in [-0.39, 0.29) is 17.7 Å². The number of H-pyrrole nitrogens is 1. The van der Waals surface area contributed by atoms with Gasteiger partial charge in [0.05, 0.1) is 6.21 Å². The number of hydrogen-bond donors (Lipinski definition) is 2. The Morgan fingerprint density at radius 2 is 2.26 bits per heavy atom. The molecule has 23 heavy (non-hydrogen) atoms. The first-order valence-corrected chi connectivity index (χ1v) is 7.23. The summed E-state index contributed by atoms with van der Waals surface area (Å²) >= 11 is 5.84. The number of hydrazone groups is 1. The third-order valence-corrected chi connectivity index (χ3v) is 3.39. The van der Waals surface area contributed by atoms with E-state index >= 15 is 0 Å². The number of amides is 1. The number of carbonyl (C=O) groups excluding carboxylic acids is 1. The lowest BCUT2D eigenvalue weighted by molar-refractivity contribution is -0.123. The van der Waals surface area contributed by atoms with E-state index in [1.54, 1.807) is 24.5 Å². The van der Waals surface area contributed by atoms with Gasteiger partial charge in [0.15, 0.2) is 17.5 Å². The normalized spacial score (nSPS) is 11.0. The fourth-order valence-corrected chi connectivity index (χ4v) is 2.22. The molecule has 116 valence electrons. The highest BCUT2D eigenvalue weighted by molar-refractivity contribution is 6.30. The number of ether oxygens (including phenoxy) is 1. The number of benzene rings is 1. The standard InChI is InChI=1S/C16H13ClN4O2/c17-16-14(5-2-7-19-16)23-10-15(22)21-20-9-11-3-1-4-13-12(11)6-8-18-13/h1-9,18H,10H2,(H,21,22)/b20-9+. The van der Waals surface area contributed by atoms with E-state index in [0.29, 0.717) is 5.75 Å². The zero-order valence-electron chi connectivity index (χ0n) is 12.0. The van der Waals surface area contributed by atoms with E-state index in [0.717, 1.165) is 16.5 Å². The van der Waals surface area contributed by atoms with Crippen molar-refractivity contribution >= 4 is 34.6 Å². The van der Waals surface area contributed by atoms with Crippen LogP contribution in [0.4, 0.5) is 0 Å². The lowest BCUT2D eigenvalue weighted by atomic mass is 10.1. The molecular weight excluding hydrogens is 316 g/mol. The van der Waals surface area contributed by atoms with Crippen molar-refractivity contribution in [2.24, 2.45) is 5.10 Å². The quantitative estimate of drug-likeness (QED) is 0.429. The van der Waals surface area contributed by atoms with Crippen molar-refractivity contribution in [3.05, 3.63) is 59.5 Å². The van der Waals surface area contributed by atoms with Crippen LogP contribution in [0.2, 0.25) is 5.15 Å². The number of aromatic amines is 1. The lowest BCUT2D eigenvalue weighted by Crippen LogP contribution is -2.24. The topological polar surface area (TPSA) is 79.4 Å². The second kappa shape index (κ2) is 6.93. The molecule has 3 rings (SSSR count). The molecule has 2 aromatic heterocycles. The first kappa shape index (κ1) is 15.1. The van der Waals surface area contributed by atoms with E-state index in [1.165, 1.54) is 0 Å². The van der Waals surface area contributed by atoms with E-state index in [1.807, 2.05) is 30.5 Å². The number of hydrogen-bond acceptors (Lipinski definition) is 4. The molecule has 0 saturated heterocycles. The maximum atomic E-state index is 11.7. The molecule has 0 saturated carbocycles. The van der Waals surface area contributed by atoms with Crippen LogP contribution in [-0.4, -0.2) is 28.7 Å². The van der Waals surface area contributed by atoms with Crippen molar-refractivity contribution in [3.63, 3.8) is 0 Å². The Bertz CT molecular complexity index is 860. The number of rotatable bonds is 5. The van der Waals surface area contributed by atoms with Crippen LogP contribution in [0, 0.1) is 0 Å². The zero-order valence-corrected chi connectivity index (χ0v) is 12.7. The molecule has 0 aliphatic rings. The van der Waals surface area contributed by atoms with Gasteiger partial charge in [0.2, 0.25) is 0 Å². The van der Waals surface area contributed by atoms with Gasteiger partial charge in [-0.1, -0.05) is 23.7 Å². The monoisotopic (exact) mass is 328 g/mol. The van der Waals surface area contributed by atoms with Gasteiger partial charge < -0.3 is 9.72 Å². The van der Waals surface area contributed by atoms with Crippen LogP contribution < -0.4 is 10.2 Å². The van der Waals surface area contributed by atoms with Crippen LogP contribution in [0.3, 0.4) is 0 Å². The average molecular weight is 329 g/mol. The van der Waals surface area contributed by atoms with Crippen molar-refractivity contribution in [1.82, 2.24) is 15.4 Å². The number of fused-ring (bicyclic) bond motifs is 1. The Balaban J connectivity index is 1.57. The first-order chi connectivity index (χ1) is 11.2. The Morgan fingerprint density at radius 1 is 1.35 bits per heavy atom. The summed E-state index contributed by atoms with van der Waals surface area (Å²) in [5.41, 5.74) is 4.32. The largest absolute Gasteiger partial charge is 0.480 e. The maximum absolute atomic E-state index is 11.7. The van der Waals surface area contributed by atoms with Crippen molar-refractivity contribution in [1.29, 1.82) is 0 Å². The molecule has 0 aliphatic carbocycles. The summed E-state index contributed by atoms with van der Waals surface area (Å²) < 4.78 is 5.27. The van der Waals surface area contributed by atoms with Gasteiger partial charge in [0.25, 0.3) is 5.91 Å². The molecule has 3 aromatic rings. The predicted molar refractivity (Wildman–Crippen MR) is 88.8 cm³/mol. The summed E-state index contributed by atoms with van der Waals surface area (Å²) in [4.78, 5) is 18.7. The Morgan fingerprint density at radius 3 is 3.13 bits per heavy atom. The molecule has 0 bridgehead atoms. The Labute approximate surface area is 137 Å². The molecule has 2 N–H and O–H groups in total. The predicted octanol–water partition coefficient (Wildman–Crippen LogP) is 2.75. The summed E-state index contributed by atoms with van der Waals surface area (Å²) in [7, 11) is 0. The van der Waals surface area contributed by atoms with Gasteiger partial charge in [0.1, 0.15) is 0 Å². The molecule has 6 nitrogen and oxygen atoms in total. The highest BCUT2D eigenvalue weighted by Crippen LogP contribution is 2.20. The molecule has 1 amide bonds. The molecule has 1 aromatic carbocycles. The summed E-state index contributed by atoms with van der Waals surface area (Å²) in [6.45, 7) is -0.197. The lowest BCUT2D eigenvalue weighted by Gasteiger charge is -2.05. The fourth-order valence-electron chi connectivity index (χ4n) is 2.05.